The molecule has 30 heavy (non-hydrogen) atoms. The third-order valence-electron chi connectivity index (χ3n) is 6.62. The highest BCUT2D eigenvalue weighted by Gasteiger charge is 2.55. The van der Waals surface area contributed by atoms with Crippen molar-refractivity contribution in [1.29, 1.82) is 0 Å². The summed E-state index contributed by atoms with van der Waals surface area (Å²) in [5.74, 6) is -0.867. The number of amides is 3. The van der Waals surface area contributed by atoms with Gasteiger partial charge >= 0.3 is 6.03 Å². The first-order chi connectivity index (χ1) is 14.2. The van der Waals surface area contributed by atoms with Crippen LogP contribution in [0.5, 0.6) is 0 Å². The van der Waals surface area contributed by atoms with Crippen molar-refractivity contribution in [2.45, 2.75) is 52.0 Å². The minimum Gasteiger partial charge on any atom is -0.323 e. The minimum absolute atomic E-state index is 0.0475. The summed E-state index contributed by atoms with van der Waals surface area (Å²) >= 11 is 0. The molecule has 0 unspecified atom stereocenters. The molecule has 4 rings (SSSR count). The molecule has 1 aliphatic carbocycles. The van der Waals surface area contributed by atoms with Crippen LogP contribution in [-0.2, 0) is 4.79 Å². The van der Waals surface area contributed by atoms with Crippen LogP contribution in [0.1, 0.15) is 54.4 Å². The van der Waals surface area contributed by atoms with E-state index in [-0.39, 0.29) is 30.0 Å². The Morgan fingerprint density at radius 1 is 1.20 bits per heavy atom. The van der Waals surface area contributed by atoms with Crippen molar-refractivity contribution in [1.82, 2.24) is 14.8 Å². The van der Waals surface area contributed by atoms with Crippen LogP contribution in [0.3, 0.4) is 0 Å². The average Bonchev–Trinajstić information content (AvgIpc) is 3.13. The maximum absolute atomic E-state index is 13.3. The molecule has 2 aliphatic rings. The summed E-state index contributed by atoms with van der Waals surface area (Å²) < 4.78 is 15.1. The average molecular weight is 411 g/mol. The Labute approximate surface area is 175 Å². The normalized spacial score (nSPS) is 23.9. The zero-order chi connectivity index (χ0) is 21.6. The standard InChI is InChI=1S/C23H26FN3O3/c1-14-6-4-5-11-23(14)21(29)26(22(30)25-23)13-20(28)19-12-15(2)27(16(19)3)18-9-7-17(24)8-10-18/h7-10,12,14H,4-6,11,13H2,1-3H3,(H,25,30)/t14-,23+/m1/s1. The fourth-order valence-corrected chi connectivity index (χ4v) is 4.90. The van der Waals surface area contributed by atoms with Crippen LogP contribution in [0, 0.1) is 25.6 Å². The minimum atomic E-state index is -0.874. The van der Waals surface area contributed by atoms with E-state index in [1.165, 1.54) is 12.1 Å². The van der Waals surface area contributed by atoms with E-state index in [1.54, 1.807) is 25.1 Å². The number of aryl methyl sites for hydroxylation is 1. The van der Waals surface area contributed by atoms with Crippen LogP contribution in [0.4, 0.5) is 9.18 Å². The molecule has 158 valence electrons. The van der Waals surface area contributed by atoms with E-state index in [2.05, 4.69) is 5.32 Å². The van der Waals surface area contributed by atoms with Gasteiger partial charge in [-0.25, -0.2) is 9.18 Å². The molecule has 1 saturated heterocycles. The first-order valence-electron chi connectivity index (χ1n) is 10.4. The molecule has 1 aromatic heterocycles. The van der Waals surface area contributed by atoms with Gasteiger partial charge in [0.1, 0.15) is 11.4 Å². The van der Waals surface area contributed by atoms with Crippen molar-refractivity contribution in [3.63, 3.8) is 0 Å². The summed E-state index contributed by atoms with van der Waals surface area (Å²) in [5.41, 5.74) is 1.83. The number of carbonyl (C=O) groups excluding carboxylic acids is 3. The number of halogens is 1. The lowest BCUT2D eigenvalue weighted by Gasteiger charge is -2.36. The third-order valence-corrected chi connectivity index (χ3v) is 6.62. The summed E-state index contributed by atoms with van der Waals surface area (Å²) in [5, 5.41) is 2.88. The molecule has 3 amide bonds. The Morgan fingerprint density at radius 2 is 1.90 bits per heavy atom. The maximum Gasteiger partial charge on any atom is 0.325 e. The second-order valence-corrected chi connectivity index (χ2v) is 8.46. The van der Waals surface area contributed by atoms with Crippen LogP contribution >= 0.6 is 0 Å². The van der Waals surface area contributed by atoms with Crippen LogP contribution < -0.4 is 5.32 Å². The van der Waals surface area contributed by atoms with Gasteiger partial charge in [-0.2, -0.15) is 0 Å². The highest BCUT2D eigenvalue weighted by Crippen LogP contribution is 2.38. The number of rotatable bonds is 4. The number of benzene rings is 1. The van der Waals surface area contributed by atoms with Gasteiger partial charge in [-0.05, 0) is 62.9 Å². The summed E-state index contributed by atoms with van der Waals surface area (Å²) in [6.45, 7) is 5.37. The van der Waals surface area contributed by atoms with Gasteiger partial charge in [0.15, 0.2) is 5.78 Å². The molecule has 2 heterocycles. The van der Waals surface area contributed by atoms with Gasteiger partial charge in [0, 0.05) is 22.6 Å². The van der Waals surface area contributed by atoms with Crippen LogP contribution in [0.25, 0.3) is 5.69 Å². The molecule has 1 aromatic carbocycles. The maximum atomic E-state index is 13.3. The lowest BCUT2D eigenvalue weighted by molar-refractivity contribution is -0.133. The second-order valence-electron chi connectivity index (χ2n) is 8.46. The van der Waals surface area contributed by atoms with Crippen molar-refractivity contribution in [3.8, 4) is 5.69 Å². The molecule has 2 atom stereocenters. The fraction of sp³-hybridized carbons (Fsp3) is 0.435. The predicted octanol–water partition coefficient (Wildman–Crippen LogP) is 3.92. The highest BCUT2D eigenvalue weighted by molar-refractivity contribution is 6.11. The number of hydrogen-bond donors (Lipinski definition) is 1. The van der Waals surface area contributed by atoms with Gasteiger partial charge in [0.25, 0.3) is 5.91 Å². The quantitative estimate of drug-likeness (QED) is 0.612. The van der Waals surface area contributed by atoms with E-state index in [0.29, 0.717) is 17.7 Å². The van der Waals surface area contributed by atoms with Crippen molar-refractivity contribution in [3.05, 3.63) is 53.1 Å². The predicted molar refractivity (Wildman–Crippen MR) is 110 cm³/mol. The Hall–Kier alpha value is -2.96. The molecular weight excluding hydrogens is 385 g/mol. The number of aromatic nitrogens is 1. The molecule has 2 aromatic rings. The van der Waals surface area contributed by atoms with Crippen LogP contribution in [0.2, 0.25) is 0 Å². The summed E-state index contributed by atoms with van der Waals surface area (Å²) in [4.78, 5) is 39.8. The monoisotopic (exact) mass is 411 g/mol. The molecule has 2 fully saturated rings. The van der Waals surface area contributed by atoms with Gasteiger partial charge in [-0.3, -0.25) is 14.5 Å². The zero-order valence-electron chi connectivity index (χ0n) is 17.5. The van der Waals surface area contributed by atoms with Crippen molar-refractivity contribution in [2.24, 2.45) is 5.92 Å². The van der Waals surface area contributed by atoms with E-state index in [4.69, 9.17) is 0 Å². The van der Waals surface area contributed by atoms with Gasteiger partial charge in [-0.15, -0.1) is 0 Å². The molecule has 0 bridgehead atoms. The molecule has 1 N–H and O–H groups in total. The van der Waals surface area contributed by atoms with E-state index in [0.717, 1.165) is 35.5 Å². The second kappa shape index (κ2) is 7.38. The molecule has 1 spiro atoms. The topological polar surface area (TPSA) is 71.4 Å². The van der Waals surface area contributed by atoms with Crippen molar-refractivity contribution >= 4 is 17.7 Å². The largest absolute Gasteiger partial charge is 0.325 e. The number of Topliss-reactive ketones (excluding diaryl/α,β-unsaturated/α-hetero) is 1. The smallest absolute Gasteiger partial charge is 0.323 e. The highest BCUT2D eigenvalue weighted by atomic mass is 19.1. The lowest BCUT2D eigenvalue weighted by Crippen LogP contribution is -2.54. The van der Waals surface area contributed by atoms with E-state index < -0.39 is 11.6 Å². The molecule has 0 radical (unpaired) electrons. The van der Waals surface area contributed by atoms with Gasteiger partial charge < -0.3 is 9.88 Å². The Morgan fingerprint density at radius 3 is 2.57 bits per heavy atom. The van der Waals surface area contributed by atoms with Gasteiger partial charge in [0.2, 0.25) is 0 Å². The molecule has 7 heteroatoms. The number of urea groups is 1. The Bertz CT molecular complexity index is 1030. The number of ketones is 1. The fourth-order valence-electron chi connectivity index (χ4n) is 4.90. The lowest BCUT2D eigenvalue weighted by atomic mass is 9.73. The number of hydrogen-bond acceptors (Lipinski definition) is 3. The van der Waals surface area contributed by atoms with E-state index in [9.17, 15) is 18.8 Å². The Kier molecular flexibility index (Phi) is 5.00. The summed E-state index contributed by atoms with van der Waals surface area (Å²) in [6.07, 6.45) is 3.42. The number of imide groups is 1. The third kappa shape index (κ3) is 3.13. The summed E-state index contributed by atoms with van der Waals surface area (Å²) in [6, 6.07) is 7.29. The van der Waals surface area contributed by atoms with Crippen molar-refractivity contribution < 1.29 is 18.8 Å². The number of carbonyl (C=O) groups is 3. The molecule has 1 aliphatic heterocycles. The van der Waals surface area contributed by atoms with Gasteiger partial charge in [-0.1, -0.05) is 19.8 Å². The van der Waals surface area contributed by atoms with E-state index in [1.807, 2.05) is 18.4 Å². The zero-order valence-corrected chi connectivity index (χ0v) is 17.5. The van der Waals surface area contributed by atoms with Gasteiger partial charge in [0.05, 0.1) is 6.54 Å². The first-order valence-corrected chi connectivity index (χ1v) is 10.4. The summed E-state index contributed by atoms with van der Waals surface area (Å²) in [7, 11) is 0. The molecular formula is C23H26FN3O3. The Balaban J connectivity index is 1.59. The molecule has 1 saturated carbocycles. The molecule has 6 nitrogen and oxygen atoms in total. The first kappa shape index (κ1) is 20.3. The van der Waals surface area contributed by atoms with Crippen LogP contribution in [0.15, 0.2) is 30.3 Å². The number of nitrogens with zero attached hydrogens (tertiary/aromatic N) is 2. The van der Waals surface area contributed by atoms with Crippen LogP contribution in [-0.4, -0.2) is 39.3 Å². The van der Waals surface area contributed by atoms with Crippen molar-refractivity contribution in [2.75, 3.05) is 6.54 Å². The number of nitrogens with one attached hydrogen (secondary N) is 1. The van der Waals surface area contributed by atoms with E-state index >= 15 is 0 Å². The SMILES string of the molecule is Cc1cc(C(=O)CN2C(=O)N[C@]3(CCCC[C@H]3C)C2=O)c(C)n1-c1ccc(F)cc1.